The van der Waals surface area contributed by atoms with E-state index in [4.69, 9.17) is 5.73 Å². The van der Waals surface area contributed by atoms with Gasteiger partial charge in [-0.3, -0.25) is 0 Å². The topological polar surface area (TPSA) is 50.9 Å². The fraction of sp³-hybridized carbons (Fsp3) is 0.643. The number of nitrogens with zero attached hydrogens (tertiary/aromatic N) is 1. The molecule has 1 fully saturated rings. The predicted octanol–water partition coefficient (Wildman–Crippen LogP) is 2.84. The van der Waals surface area contributed by atoms with Crippen LogP contribution in [0.15, 0.2) is 12.3 Å². The molecule has 0 spiro atoms. The van der Waals surface area contributed by atoms with E-state index in [1.165, 1.54) is 24.8 Å². The number of nitrogens with two attached hydrogens (primary N) is 1. The van der Waals surface area contributed by atoms with E-state index in [-0.39, 0.29) is 0 Å². The van der Waals surface area contributed by atoms with Crippen molar-refractivity contribution < 1.29 is 0 Å². The third-order valence-corrected chi connectivity index (χ3v) is 3.80. The number of pyridine rings is 1. The van der Waals surface area contributed by atoms with E-state index in [1.807, 2.05) is 12.3 Å². The molecule has 2 rings (SSSR count). The lowest BCUT2D eigenvalue weighted by atomic mass is 9.92. The minimum absolute atomic E-state index is 0.463. The normalized spacial score (nSPS) is 22.7. The van der Waals surface area contributed by atoms with Crippen molar-refractivity contribution in [2.24, 2.45) is 11.1 Å². The predicted molar refractivity (Wildman–Crippen MR) is 71.9 cm³/mol. The van der Waals surface area contributed by atoms with Crippen molar-refractivity contribution in [1.29, 1.82) is 0 Å². The molecule has 17 heavy (non-hydrogen) atoms. The first kappa shape index (κ1) is 12.4. The smallest absolute Gasteiger partial charge is 0.130 e. The van der Waals surface area contributed by atoms with Crippen LogP contribution in [-0.4, -0.2) is 11.0 Å². The highest BCUT2D eigenvalue weighted by molar-refractivity contribution is 5.48. The Hall–Kier alpha value is -1.09. The first-order valence-corrected chi connectivity index (χ1v) is 6.43. The molecule has 0 saturated heterocycles. The van der Waals surface area contributed by atoms with Gasteiger partial charge in [0.1, 0.15) is 5.82 Å². The van der Waals surface area contributed by atoms with Gasteiger partial charge in [-0.2, -0.15) is 0 Å². The Kier molecular flexibility index (Phi) is 3.38. The summed E-state index contributed by atoms with van der Waals surface area (Å²) in [5.74, 6) is 0.982. The third-order valence-electron chi connectivity index (χ3n) is 3.80. The second kappa shape index (κ2) is 4.65. The molecule has 94 valence electrons. The summed E-state index contributed by atoms with van der Waals surface area (Å²) in [6.07, 6.45) is 5.59. The number of hydrogen-bond acceptors (Lipinski definition) is 3. The van der Waals surface area contributed by atoms with Crippen LogP contribution in [0.3, 0.4) is 0 Å². The van der Waals surface area contributed by atoms with E-state index in [0.29, 0.717) is 18.0 Å². The lowest BCUT2D eigenvalue weighted by molar-refractivity contribution is 0.378. The van der Waals surface area contributed by atoms with Crippen LogP contribution in [0, 0.1) is 12.3 Å². The van der Waals surface area contributed by atoms with Gasteiger partial charge < -0.3 is 11.1 Å². The first-order chi connectivity index (χ1) is 8.02. The van der Waals surface area contributed by atoms with Crippen LogP contribution in [0.1, 0.15) is 44.2 Å². The lowest BCUT2D eigenvalue weighted by Gasteiger charge is -2.20. The van der Waals surface area contributed by atoms with Crippen LogP contribution in [0.4, 0.5) is 5.82 Å². The van der Waals surface area contributed by atoms with Gasteiger partial charge in [-0.15, -0.1) is 0 Å². The average Bonchev–Trinajstić information content (AvgIpc) is 2.58. The summed E-state index contributed by atoms with van der Waals surface area (Å²) in [5.41, 5.74) is 8.64. The number of anilines is 1. The quantitative estimate of drug-likeness (QED) is 0.844. The largest absolute Gasteiger partial charge is 0.367 e. The van der Waals surface area contributed by atoms with Crippen LogP contribution >= 0.6 is 0 Å². The van der Waals surface area contributed by atoms with Gasteiger partial charge in [-0.05, 0) is 43.2 Å². The maximum Gasteiger partial charge on any atom is 0.130 e. The molecule has 1 aromatic rings. The van der Waals surface area contributed by atoms with Gasteiger partial charge in [-0.25, -0.2) is 4.98 Å². The molecule has 1 heterocycles. The summed E-state index contributed by atoms with van der Waals surface area (Å²) in [6, 6.07) is 2.57. The van der Waals surface area contributed by atoms with Gasteiger partial charge in [0.05, 0.1) is 0 Å². The number of nitrogens with one attached hydrogen (secondary N) is 1. The summed E-state index contributed by atoms with van der Waals surface area (Å²) in [4.78, 5) is 4.43. The molecule has 3 nitrogen and oxygen atoms in total. The minimum atomic E-state index is 0.463. The summed E-state index contributed by atoms with van der Waals surface area (Å²) in [6.45, 7) is 7.32. The monoisotopic (exact) mass is 233 g/mol. The second-order valence-electron chi connectivity index (χ2n) is 5.91. The molecule has 3 heteroatoms. The standard InChI is InChI=1S/C14H23N3/c1-10-5-7-16-13(12(10)9-15)17-11-4-6-14(2,3)8-11/h5,7,11H,4,6,8-9,15H2,1-3H3,(H,16,17). The van der Waals surface area contributed by atoms with Crippen molar-refractivity contribution >= 4 is 5.82 Å². The molecule has 1 unspecified atom stereocenters. The average molecular weight is 233 g/mol. The maximum absolute atomic E-state index is 5.80. The summed E-state index contributed by atoms with van der Waals surface area (Å²) < 4.78 is 0. The Balaban J connectivity index is 2.12. The Morgan fingerprint density at radius 1 is 1.53 bits per heavy atom. The summed E-state index contributed by atoms with van der Waals surface area (Å²) in [7, 11) is 0. The van der Waals surface area contributed by atoms with Crippen molar-refractivity contribution in [2.75, 3.05) is 5.32 Å². The molecule has 1 aliphatic carbocycles. The Morgan fingerprint density at radius 2 is 2.29 bits per heavy atom. The highest BCUT2D eigenvalue weighted by atomic mass is 15.0. The van der Waals surface area contributed by atoms with Gasteiger partial charge in [0.2, 0.25) is 0 Å². The highest BCUT2D eigenvalue weighted by Gasteiger charge is 2.31. The van der Waals surface area contributed by atoms with Crippen LogP contribution in [0.25, 0.3) is 0 Å². The zero-order valence-corrected chi connectivity index (χ0v) is 11.1. The van der Waals surface area contributed by atoms with Crippen molar-refractivity contribution in [2.45, 2.75) is 52.6 Å². The number of hydrogen-bond donors (Lipinski definition) is 2. The molecule has 3 N–H and O–H groups in total. The Morgan fingerprint density at radius 3 is 2.88 bits per heavy atom. The maximum atomic E-state index is 5.80. The van der Waals surface area contributed by atoms with Gasteiger partial charge in [-0.1, -0.05) is 13.8 Å². The number of aromatic nitrogens is 1. The van der Waals surface area contributed by atoms with Crippen LogP contribution in [0.2, 0.25) is 0 Å². The minimum Gasteiger partial charge on any atom is -0.367 e. The van der Waals surface area contributed by atoms with Gasteiger partial charge >= 0.3 is 0 Å². The zero-order chi connectivity index (χ0) is 12.5. The van der Waals surface area contributed by atoms with E-state index in [1.54, 1.807) is 0 Å². The van der Waals surface area contributed by atoms with Crippen molar-refractivity contribution in [3.63, 3.8) is 0 Å². The SMILES string of the molecule is Cc1ccnc(NC2CCC(C)(C)C2)c1CN. The van der Waals surface area contributed by atoms with E-state index in [9.17, 15) is 0 Å². The first-order valence-electron chi connectivity index (χ1n) is 6.43. The van der Waals surface area contributed by atoms with Crippen molar-refractivity contribution in [3.05, 3.63) is 23.4 Å². The van der Waals surface area contributed by atoms with E-state index in [2.05, 4.69) is 31.1 Å². The van der Waals surface area contributed by atoms with Crippen LogP contribution < -0.4 is 11.1 Å². The second-order valence-corrected chi connectivity index (χ2v) is 5.91. The van der Waals surface area contributed by atoms with Crippen LogP contribution in [-0.2, 0) is 6.54 Å². The summed E-state index contributed by atoms with van der Waals surface area (Å²) in [5, 5.41) is 3.57. The molecule has 0 bridgehead atoms. The number of aryl methyl sites for hydroxylation is 1. The lowest BCUT2D eigenvalue weighted by Crippen LogP contribution is -2.20. The van der Waals surface area contributed by atoms with E-state index < -0.39 is 0 Å². The molecular formula is C14H23N3. The zero-order valence-electron chi connectivity index (χ0n) is 11.1. The molecule has 1 aromatic heterocycles. The van der Waals surface area contributed by atoms with E-state index >= 15 is 0 Å². The third kappa shape index (κ3) is 2.78. The van der Waals surface area contributed by atoms with Gasteiger partial charge in [0.25, 0.3) is 0 Å². The molecule has 1 aliphatic rings. The molecule has 1 atom stereocenters. The van der Waals surface area contributed by atoms with Crippen LogP contribution in [0.5, 0.6) is 0 Å². The fourth-order valence-corrected chi connectivity index (χ4v) is 2.72. The summed E-state index contributed by atoms with van der Waals surface area (Å²) >= 11 is 0. The van der Waals surface area contributed by atoms with E-state index in [0.717, 1.165) is 11.4 Å². The Labute approximate surface area is 104 Å². The molecule has 1 saturated carbocycles. The Bertz CT molecular complexity index is 398. The molecule has 0 aromatic carbocycles. The molecule has 0 radical (unpaired) electrons. The van der Waals surface area contributed by atoms with Crippen molar-refractivity contribution in [1.82, 2.24) is 4.98 Å². The molecular weight excluding hydrogens is 210 g/mol. The highest BCUT2D eigenvalue weighted by Crippen LogP contribution is 2.38. The van der Waals surface area contributed by atoms with Gasteiger partial charge in [0.15, 0.2) is 0 Å². The van der Waals surface area contributed by atoms with Crippen molar-refractivity contribution in [3.8, 4) is 0 Å². The molecule has 0 amide bonds. The fourth-order valence-electron chi connectivity index (χ4n) is 2.72. The number of rotatable bonds is 3. The molecule has 0 aliphatic heterocycles. The van der Waals surface area contributed by atoms with Gasteiger partial charge in [0, 0.05) is 24.3 Å².